The van der Waals surface area contributed by atoms with Gasteiger partial charge in [-0.1, -0.05) is 59.2 Å². The van der Waals surface area contributed by atoms with Gasteiger partial charge < -0.3 is 10.1 Å². The third-order valence-electron chi connectivity index (χ3n) is 4.36. The van der Waals surface area contributed by atoms with Gasteiger partial charge in [-0.3, -0.25) is 4.79 Å². The Hall–Kier alpha value is -2.33. The summed E-state index contributed by atoms with van der Waals surface area (Å²) in [4.78, 5) is 24.6. The number of ether oxygens (including phenoxy) is 1. The summed E-state index contributed by atoms with van der Waals surface area (Å²) < 4.78 is 5.24. The molecule has 5 heteroatoms. The van der Waals surface area contributed by atoms with Crippen LogP contribution in [0.2, 0.25) is 5.02 Å². The topological polar surface area (TPSA) is 55.4 Å². The molecule has 0 saturated heterocycles. The summed E-state index contributed by atoms with van der Waals surface area (Å²) in [6, 6.07) is 12.5. The van der Waals surface area contributed by atoms with E-state index in [4.69, 9.17) is 16.3 Å². The van der Waals surface area contributed by atoms with Crippen molar-refractivity contribution in [2.24, 2.45) is 0 Å². The van der Waals surface area contributed by atoms with Gasteiger partial charge in [0.15, 0.2) is 6.61 Å². The number of nitrogens with one attached hydrogen (secondary N) is 1. The van der Waals surface area contributed by atoms with Gasteiger partial charge in [-0.05, 0) is 58.4 Å². The van der Waals surface area contributed by atoms with Crippen LogP contribution in [0.15, 0.2) is 42.5 Å². The Balaban J connectivity index is 2.12. The third kappa shape index (κ3) is 6.10. The van der Waals surface area contributed by atoms with E-state index in [1.807, 2.05) is 12.1 Å². The van der Waals surface area contributed by atoms with Crippen LogP contribution in [-0.4, -0.2) is 18.5 Å². The molecule has 0 bridgehead atoms. The molecule has 28 heavy (non-hydrogen) atoms. The molecular formula is C23H28ClNO3. The van der Waals surface area contributed by atoms with Crippen LogP contribution in [0, 0.1) is 0 Å². The highest BCUT2D eigenvalue weighted by Crippen LogP contribution is 2.30. The monoisotopic (exact) mass is 401 g/mol. The van der Waals surface area contributed by atoms with E-state index in [-0.39, 0.29) is 17.4 Å². The van der Waals surface area contributed by atoms with Crippen molar-refractivity contribution in [2.45, 2.75) is 52.4 Å². The van der Waals surface area contributed by atoms with Crippen LogP contribution in [0.5, 0.6) is 0 Å². The van der Waals surface area contributed by atoms with Crippen LogP contribution in [0.4, 0.5) is 5.69 Å². The molecule has 1 amide bonds. The maximum atomic E-state index is 12.6. The van der Waals surface area contributed by atoms with Crippen molar-refractivity contribution in [3.05, 3.63) is 64.2 Å². The number of carbonyl (C=O) groups is 2. The van der Waals surface area contributed by atoms with Crippen LogP contribution >= 0.6 is 11.6 Å². The molecule has 0 unspecified atom stereocenters. The standard InChI is InChI=1S/C23H28ClNO3/c1-22(2,3)16-11-15(12-17(13-16)23(4,5)6)21(27)28-14-20(26)25-19-9-7-18(24)8-10-19/h7-13H,14H2,1-6H3,(H,25,26). The first-order valence-electron chi connectivity index (χ1n) is 9.25. The van der Waals surface area contributed by atoms with Crippen molar-refractivity contribution in [1.82, 2.24) is 0 Å². The summed E-state index contributed by atoms with van der Waals surface area (Å²) in [6.07, 6.45) is 0. The van der Waals surface area contributed by atoms with Crippen molar-refractivity contribution in [3.63, 3.8) is 0 Å². The van der Waals surface area contributed by atoms with Crippen molar-refractivity contribution in [1.29, 1.82) is 0 Å². The molecule has 0 saturated carbocycles. The number of benzene rings is 2. The zero-order chi connectivity index (χ0) is 21.1. The van der Waals surface area contributed by atoms with E-state index in [1.165, 1.54) is 0 Å². The zero-order valence-corrected chi connectivity index (χ0v) is 18.1. The van der Waals surface area contributed by atoms with Gasteiger partial charge in [-0.15, -0.1) is 0 Å². The summed E-state index contributed by atoms with van der Waals surface area (Å²) in [5.41, 5.74) is 2.94. The predicted molar refractivity (Wildman–Crippen MR) is 114 cm³/mol. The van der Waals surface area contributed by atoms with Crippen LogP contribution < -0.4 is 5.32 Å². The molecule has 1 N–H and O–H groups in total. The van der Waals surface area contributed by atoms with Crippen molar-refractivity contribution < 1.29 is 14.3 Å². The second-order valence-corrected chi connectivity index (χ2v) is 9.37. The zero-order valence-electron chi connectivity index (χ0n) is 17.4. The quantitative estimate of drug-likeness (QED) is 0.665. The molecule has 2 aromatic rings. The first-order chi connectivity index (χ1) is 12.9. The van der Waals surface area contributed by atoms with E-state index in [0.29, 0.717) is 16.3 Å². The molecule has 2 aromatic carbocycles. The Kier molecular flexibility index (Phi) is 6.56. The fourth-order valence-electron chi connectivity index (χ4n) is 2.56. The van der Waals surface area contributed by atoms with Gasteiger partial charge >= 0.3 is 5.97 Å². The second-order valence-electron chi connectivity index (χ2n) is 8.93. The Morgan fingerprint density at radius 1 is 0.893 bits per heavy atom. The average molecular weight is 402 g/mol. The Labute approximate surface area is 172 Å². The van der Waals surface area contributed by atoms with Crippen LogP contribution in [0.25, 0.3) is 0 Å². The molecule has 0 aliphatic heterocycles. The first-order valence-corrected chi connectivity index (χ1v) is 9.62. The van der Waals surface area contributed by atoms with E-state index in [2.05, 4.69) is 52.9 Å². The number of carbonyl (C=O) groups excluding carboxylic acids is 2. The fraction of sp³-hybridized carbons (Fsp3) is 0.391. The predicted octanol–water partition coefficient (Wildman–Crippen LogP) is 5.73. The number of rotatable bonds is 4. The average Bonchev–Trinajstić information content (AvgIpc) is 2.59. The van der Waals surface area contributed by atoms with Crippen LogP contribution in [-0.2, 0) is 20.4 Å². The highest BCUT2D eigenvalue weighted by molar-refractivity contribution is 6.30. The van der Waals surface area contributed by atoms with Gasteiger partial charge in [0.25, 0.3) is 5.91 Å². The van der Waals surface area contributed by atoms with Gasteiger partial charge in [0.1, 0.15) is 0 Å². The lowest BCUT2D eigenvalue weighted by Crippen LogP contribution is -2.22. The van der Waals surface area contributed by atoms with E-state index in [0.717, 1.165) is 11.1 Å². The maximum absolute atomic E-state index is 12.6. The normalized spacial score (nSPS) is 11.8. The molecule has 0 atom stereocenters. The molecular weight excluding hydrogens is 374 g/mol. The molecule has 0 heterocycles. The van der Waals surface area contributed by atoms with E-state index >= 15 is 0 Å². The summed E-state index contributed by atoms with van der Waals surface area (Å²) in [6.45, 7) is 12.2. The smallest absolute Gasteiger partial charge is 0.338 e. The van der Waals surface area contributed by atoms with Gasteiger partial charge in [0.05, 0.1) is 5.56 Å². The maximum Gasteiger partial charge on any atom is 0.338 e. The van der Waals surface area contributed by atoms with Gasteiger partial charge in [0.2, 0.25) is 0 Å². The van der Waals surface area contributed by atoms with Crippen molar-refractivity contribution in [2.75, 3.05) is 11.9 Å². The van der Waals surface area contributed by atoms with Crippen LogP contribution in [0.3, 0.4) is 0 Å². The summed E-state index contributed by atoms with van der Waals surface area (Å²) >= 11 is 5.83. The highest BCUT2D eigenvalue weighted by Gasteiger charge is 2.23. The number of esters is 1. The van der Waals surface area contributed by atoms with E-state index < -0.39 is 11.9 Å². The number of amides is 1. The van der Waals surface area contributed by atoms with Crippen molar-refractivity contribution >= 4 is 29.2 Å². The minimum Gasteiger partial charge on any atom is -0.452 e. The molecule has 0 fully saturated rings. The van der Waals surface area contributed by atoms with E-state index in [1.54, 1.807) is 24.3 Å². The Morgan fingerprint density at radius 3 is 1.86 bits per heavy atom. The lowest BCUT2D eigenvalue weighted by Gasteiger charge is -2.25. The molecule has 150 valence electrons. The number of anilines is 1. The number of hydrogen-bond donors (Lipinski definition) is 1. The molecule has 4 nitrogen and oxygen atoms in total. The highest BCUT2D eigenvalue weighted by atomic mass is 35.5. The molecule has 2 rings (SSSR count). The molecule has 0 aliphatic carbocycles. The van der Waals surface area contributed by atoms with Crippen molar-refractivity contribution in [3.8, 4) is 0 Å². The van der Waals surface area contributed by atoms with Gasteiger partial charge in [-0.25, -0.2) is 4.79 Å². The van der Waals surface area contributed by atoms with Crippen LogP contribution in [0.1, 0.15) is 63.0 Å². The summed E-state index contributed by atoms with van der Waals surface area (Å²) in [5, 5.41) is 3.25. The SMILES string of the molecule is CC(C)(C)c1cc(C(=O)OCC(=O)Nc2ccc(Cl)cc2)cc(C(C)(C)C)c1. The number of hydrogen-bond acceptors (Lipinski definition) is 3. The van der Waals surface area contributed by atoms with Gasteiger partial charge in [0, 0.05) is 10.7 Å². The third-order valence-corrected chi connectivity index (χ3v) is 4.62. The second kappa shape index (κ2) is 8.36. The largest absolute Gasteiger partial charge is 0.452 e. The lowest BCUT2D eigenvalue weighted by atomic mass is 9.79. The molecule has 0 aromatic heterocycles. The molecule has 0 spiro atoms. The Morgan fingerprint density at radius 2 is 1.39 bits per heavy atom. The minimum absolute atomic E-state index is 0.109. The summed E-state index contributed by atoms with van der Waals surface area (Å²) in [5.74, 6) is -0.915. The first kappa shape index (κ1) is 22.0. The minimum atomic E-state index is -0.511. The lowest BCUT2D eigenvalue weighted by molar-refractivity contribution is -0.119. The fourth-order valence-corrected chi connectivity index (χ4v) is 2.68. The molecule has 0 radical (unpaired) electrons. The number of halogens is 1. The van der Waals surface area contributed by atoms with E-state index in [9.17, 15) is 9.59 Å². The van der Waals surface area contributed by atoms with Gasteiger partial charge in [-0.2, -0.15) is 0 Å². The molecule has 0 aliphatic rings. The Bertz CT molecular complexity index is 827. The summed E-state index contributed by atoms with van der Waals surface area (Å²) in [7, 11) is 0.